The molecule has 6 nitrogen and oxygen atoms in total. The van der Waals surface area contributed by atoms with Crippen LogP contribution in [0.2, 0.25) is 0 Å². The van der Waals surface area contributed by atoms with E-state index in [1.807, 2.05) is 24.3 Å². The minimum Gasteiger partial charge on any atom is -0.476 e. The number of carbonyl (C=O) groups is 1. The summed E-state index contributed by atoms with van der Waals surface area (Å²) in [5.41, 5.74) is 0.595. The van der Waals surface area contributed by atoms with E-state index in [9.17, 15) is 4.79 Å². The van der Waals surface area contributed by atoms with Gasteiger partial charge in [-0.2, -0.15) is 0 Å². The molecular weight excluding hydrogens is 258 g/mol. The molecule has 0 aliphatic carbocycles. The first-order valence-corrected chi connectivity index (χ1v) is 5.81. The maximum atomic E-state index is 11.0. The first-order chi connectivity index (χ1) is 9.74. The van der Waals surface area contributed by atoms with Crippen LogP contribution in [0, 0.1) is 0 Å². The van der Waals surface area contributed by atoms with Crippen molar-refractivity contribution in [2.24, 2.45) is 0 Å². The Morgan fingerprint density at radius 3 is 2.75 bits per heavy atom. The fourth-order valence-electron chi connectivity index (χ4n) is 1.76. The van der Waals surface area contributed by atoms with Crippen LogP contribution < -0.4 is 4.74 Å². The number of carboxylic acid groups (broad SMARTS) is 1. The topological polar surface area (TPSA) is 85.2 Å². The maximum Gasteiger partial charge on any atom is 0.360 e. The summed E-state index contributed by atoms with van der Waals surface area (Å²) < 4.78 is 5.46. The number of pyridine rings is 1. The number of ether oxygens (including phenoxy) is 1. The van der Waals surface area contributed by atoms with Crippen molar-refractivity contribution in [3.63, 3.8) is 0 Å². The summed E-state index contributed by atoms with van der Waals surface area (Å²) in [6.45, 7) is 0. The van der Waals surface area contributed by atoms with E-state index < -0.39 is 5.97 Å². The molecule has 0 amide bonds. The van der Waals surface area contributed by atoms with Crippen LogP contribution in [0.1, 0.15) is 10.5 Å². The van der Waals surface area contributed by atoms with E-state index >= 15 is 0 Å². The number of hydrogen-bond donors (Lipinski definition) is 1. The van der Waals surface area contributed by atoms with E-state index in [-0.39, 0.29) is 11.6 Å². The summed E-state index contributed by atoms with van der Waals surface area (Å²) in [4.78, 5) is 22.9. The molecule has 0 saturated heterocycles. The summed E-state index contributed by atoms with van der Waals surface area (Å²) in [6, 6.07) is 9.32. The van der Waals surface area contributed by atoms with Crippen LogP contribution in [0.3, 0.4) is 0 Å². The van der Waals surface area contributed by atoms with Crippen molar-refractivity contribution < 1.29 is 14.6 Å². The van der Waals surface area contributed by atoms with Crippen molar-refractivity contribution in [2.45, 2.75) is 0 Å². The van der Waals surface area contributed by atoms with Crippen LogP contribution in [0.4, 0.5) is 0 Å². The second kappa shape index (κ2) is 4.93. The highest BCUT2D eigenvalue weighted by Crippen LogP contribution is 2.24. The average Bonchev–Trinajstić information content (AvgIpc) is 2.47. The number of aromatic nitrogens is 3. The molecule has 0 unspecified atom stereocenters. The van der Waals surface area contributed by atoms with Gasteiger partial charge in [0.15, 0.2) is 0 Å². The lowest BCUT2D eigenvalue weighted by Crippen LogP contribution is -2.04. The summed E-state index contributed by atoms with van der Waals surface area (Å²) in [6.07, 6.45) is 4.19. The molecule has 3 rings (SSSR count). The summed E-state index contributed by atoms with van der Waals surface area (Å²) in [5, 5.41) is 9.91. The normalized spacial score (nSPS) is 10.4. The Labute approximate surface area is 113 Å². The molecule has 2 aromatic heterocycles. The molecule has 0 atom stereocenters. The molecule has 3 aromatic rings. The van der Waals surface area contributed by atoms with E-state index in [1.54, 1.807) is 6.07 Å². The van der Waals surface area contributed by atoms with Gasteiger partial charge in [0.1, 0.15) is 5.75 Å². The minimum absolute atomic E-state index is 0.0583. The summed E-state index contributed by atoms with van der Waals surface area (Å²) in [7, 11) is 0. The van der Waals surface area contributed by atoms with Crippen molar-refractivity contribution in [3.05, 3.63) is 54.6 Å². The maximum absolute atomic E-state index is 11.0. The smallest absolute Gasteiger partial charge is 0.360 e. The van der Waals surface area contributed by atoms with Gasteiger partial charge in [0.2, 0.25) is 5.69 Å². The molecule has 98 valence electrons. The molecular formula is C14H9N3O3. The Hall–Kier alpha value is -3.02. The van der Waals surface area contributed by atoms with Gasteiger partial charge in [0.05, 0.1) is 11.7 Å². The van der Waals surface area contributed by atoms with Crippen LogP contribution in [-0.4, -0.2) is 26.0 Å². The molecule has 1 N–H and O–H groups in total. The molecule has 2 heterocycles. The van der Waals surface area contributed by atoms with E-state index in [2.05, 4.69) is 15.0 Å². The Morgan fingerprint density at radius 2 is 1.90 bits per heavy atom. The van der Waals surface area contributed by atoms with Gasteiger partial charge < -0.3 is 9.84 Å². The summed E-state index contributed by atoms with van der Waals surface area (Å²) in [5.74, 6) is -0.842. The van der Waals surface area contributed by atoms with Crippen molar-refractivity contribution >= 4 is 16.9 Å². The van der Waals surface area contributed by atoms with Gasteiger partial charge in [0.25, 0.3) is 5.88 Å². The Kier molecular flexibility index (Phi) is 2.96. The van der Waals surface area contributed by atoms with Gasteiger partial charge in [-0.25, -0.2) is 14.8 Å². The van der Waals surface area contributed by atoms with E-state index in [0.29, 0.717) is 5.75 Å². The predicted octanol–water partition coefficient (Wildman–Crippen LogP) is 2.52. The van der Waals surface area contributed by atoms with Crippen molar-refractivity contribution in [1.29, 1.82) is 0 Å². The SMILES string of the molecule is O=C(O)c1nccnc1Oc1cnc2ccccc2c1. The second-order valence-electron chi connectivity index (χ2n) is 3.98. The zero-order valence-corrected chi connectivity index (χ0v) is 10.2. The van der Waals surface area contributed by atoms with Gasteiger partial charge in [-0.05, 0) is 12.1 Å². The minimum atomic E-state index is -1.19. The fraction of sp³-hybridized carbons (Fsp3) is 0. The Morgan fingerprint density at radius 1 is 1.10 bits per heavy atom. The first kappa shape index (κ1) is 12.0. The number of nitrogens with zero attached hydrogens (tertiary/aromatic N) is 3. The number of rotatable bonds is 3. The summed E-state index contributed by atoms with van der Waals surface area (Å²) >= 11 is 0. The molecule has 0 aliphatic rings. The van der Waals surface area contributed by atoms with Crippen molar-refractivity contribution in [1.82, 2.24) is 15.0 Å². The molecule has 0 saturated carbocycles. The Bertz CT molecular complexity index is 789. The third-order valence-electron chi connectivity index (χ3n) is 2.65. The molecule has 0 aliphatic heterocycles. The predicted molar refractivity (Wildman–Crippen MR) is 70.8 cm³/mol. The monoisotopic (exact) mass is 267 g/mol. The van der Waals surface area contributed by atoms with Gasteiger partial charge in [-0.1, -0.05) is 18.2 Å². The van der Waals surface area contributed by atoms with Crippen molar-refractivity contribution in [3.8, 4) is 11.6 Å². The van der Waals surface area contributed by atoms with E-state index in [1.165, 1.54) is 18.6 Å². The second-order valence-corrected chi connectivity index (χ2v) is 3.98. The first-order valence-electron chi connectivity index (χ1n) is 5.81. The number of fused-ring (bicyclic) bond motifs is 1. The molecule has 0 radical (unpaired) electrons. The highest BCUT2D eigenvalue weighted by atomic mass is 16.5. The lowest BCUT2D eigenvalue weighted by molar-refractivity contribution is 0.0686. The van der Waals surface area contributed by atoms with Crippen LogP contribution in [0.25, 0.3) is 10.9 Å². The molecule has 0 bridgehead atoms. The molecule has 20 heavy (non-hydrogen) atoms. The number of hydrogen-bond acceptors (Lipinski definition) is 5. The number of benzene rings is 1. The largest absolute Gasteiger partial charge is 0.476 e. The molecule has 0 spiro atoms. The zero-order valence-electron chi connectivity index (χ0n) is 10.2. The number of aromatic carboxylic acids is 1. The van der Waals surface area contributed by atoms with E-state index in [4.69, 9.17) is 9.84 Å². The lowest BCUT2D eigenvalue weighted by atomic mass is 10.2. The molecule has 1 aromatic carbocycles. The quantitative estimate of drug-likeness (QED) is 0.784. The Balaban J connectivity index is 1.99. The fourth-order valence-corrected chi connectivity index (χ4v) is 1.76. The highest BCUT2D eigenvalue weighted by Gasteiger charge is 2.15. The standard InChI is InChI=1S/C14H9N3O3/c18-14(19)12-13(16-6-5-15-12)20-10-7-9-3-1-2-4-11(9)17-8-10/h1-8H,(H,18,19). The van der Waals surface area contributed by atoms with Gasteiger partial charge >= 0.3 is 5.97 Å². The van der Waals surface area contributed by atoms with Crippen LogP contribution in [0.15, 0.2) is 48.9 Å². The van der Waals surface area contributed by atoms with Crippen LogP contribution in [-0.2, 0) is 0 Å². The number of para-hydroxylation sites is 1. The molecule has 0 fully saturated rings. The molecule has 6 heteroatoms. The highest BCUT2D eigenvalue weighted by molar-refractivity contribution is 5.88. The average molecular weight is 267 g/mol. The zero-order chi connectivity index (χ0) is 13.9. The third kappa shape index (κ3) is 2.26. The number of carboxylic acids is 1. The lowest BCUT2D eigenvalue weighted by Gasteiger charge is -2.06. The van der Waals surface area contributed by atoms with Gasteiger partial charge in [-0.3, -0.25) is 4.98 Å². The van der Waals surface area contributed by atoms with Gasteiger partial charge in [0, 0.05) is 17.8 Å². The van der Waals surface area contributed by atoms with Gasteiger partial charge in [-0.15, -0.1) is 0 Å². The van der Waals surface area contributed by atoms with Crippen molar-refractivity contribution in [2.75, 3.05) is 0 Å². The van der Waals surface area contributed by atoms with Crippen LogP contribution >= 0.6 is 0 Å². The third-order valence-corrected chi connectivity index (χ3v) is 2.65. The van der Waals surface area contributed by atoms with E-state index in [0.717, 1.165) is 10.9 Å². The van der Waals surface area contributed by atoms with Crippen LogP contribution in [0.5, 0.6) is 11.6 Å².